The van der Waals surface area contributed by atoms with E-state index in [4.69, 9.17) is 4.74 Å². The number of rotatable bonds is 10. The summed E-state index contributed by atoms with van der Waals surface area (Å²) in [6.07, 6.45) is 2.05. The van der Waals surface area contributed by atoms with Crippen molar-refractivity contribution < 1.29 is 20.1 Å². The molecule has 0 amide bonds. The Morgan fingerprint density at radius 1 is 1.04 bits per heavy atom. The zero-order chi connectivity index (χ0) is 19.8. The SMILES string of the molecule is OCC1CC(O)C(O)CN1CCCCCOCc1ccc(-c2cccs2)cc1. The molecule has 3 rings (SSSR count). The van der Waals surface area contributed by atoms with E-state index in [-0.39, 0.29) is 12.6 Å². The van der Waals surface area contributed by atoms with Crippen LogP contribution in [0.4, 0.5) is 0 Å². The normalized spacial score (nSPS) is 23.2. The van der Waals surface area contributed by atoms with E-state index in [9.17, 15) is 15.3 Å². The number of aliphatic hydroxyl groups is 3. The Balaban J connectivity index is 1.28. The summed E-state index contributed by atoms with van der Waals surface area (Å²) in [7, 11) is 0. The van der Waals surface area contributed by atoms with Gasteiger partial charge in [0.2, 0.25) is 0 Å². The lowest BCUT2D eigenvalue weighted by Crippen LogP contribution is -2.53. The lowest BCUT2D eigenvalue weighted by Gasteiger charge is -2.39. The average Bonchev–Trinajstić information content (AvgIpc) is 3.25. The third kappa shape index (κ3) is 6.11. The molecule has 1 aromatic heterocycles. The lowest BCUT2D eigenvalue weighted by atomic mass is 9.97. The Labute approximate surface area is 171 Å². The molecule has 1 aromatic carbocycles. The number of unbranched alkanes of at least 4 members (excludes halogenated alkanes) is 2. The summed E-state index contributed by atoms with van der Waals surface area (Å²) in [6.45, 7) is 2.66. The van der Waals surface area contributed by atoms with Gasteiger partial charge in [-0.15, -0.1) is 11.3 Å². The highest BCUT2D eigenvalue weighted by Crippen LogP contribution is 2.24. The summed E-state index contributed by atoms with van der Waals surface area (Å²) >= 11 is 1.75. The van der Waals surface area contributed by atoms with Crippen LogP contribution in [0.25, 0.3) is 10.4 Å². The molecule has 2 aromatic rings. The molecule has 0 saturated carbocycles. The summed E-state index contributed by atoms with van der Waals surface area (Å²) < 4.78 is 5.79. The number of likely N-dealkylation sites (tertiary alicyclic amines) is 1. The van der Waals surface area contributed by atoms with Gasteiger partial charge in [-0.2, -0.15) is 0 Å². The minimum Gasteiger partial charge on any atom is -0.395 e. The predicted molar refractivity (Wildman–Crippen MR) is 112 cm³/mol. The Kier molecular flexibility index (Phi) is 8.45. The number of aliphatic hydroxyl groups excluding tert-OH is 3. The van der Waals surface area contributed by atoms with Gasteiger partial charge in [-0.1, -0.05) is 30.3 Å². The summed E-state index contributed by atoms with van der Waals surface area (Å²) in [5, 5.41) is 31.1. The number of ether oxygens (including phenoxy) is 1. The van der Waals surface area contributed by atoms with Crippen LogP contribution in [0.2, 0.25) is 0 Å². The van der Waals surface area contributed by atoms with Crippen molar-refractivity contribution in [3.63, 3.8) is 0 Å². The van der Waals surface area contributed by atoms with Crippen LogP contribution < -0.4 is 0 Å². The first-order valence-corrected chi connectivity index (χ1v) is 11.0. The topological polar surface area (TPSA) is 73.2 Å². The summed E-state index contributed by atoms with van der Waals surface area (Å²) in [6, 6.07) is 12.7. The third-order valence-electron chi connectivity index (χ3n) is 5.37. The zero-order valence-electron chi connectivity index (χ0n) is 16.2. The van der Waals surface area contributed by atoms with Crippen LogP contribution in [0.5, 0.6) is 0 Å². The Hall–Kier alpha value is -1.28. The maximum Gasteiger partial charge on any atom is 0.0926 e. The van der Waals surface area contributed by atoms with Gasteiger partial charge in [0, 0.05) is 24.1 Å². The number of piperidine rings is 1. The third-order valence-corrected chi connectivity index (χ3v) is 6.29. The first-order chi connectivity index (χ1) is 13.7. The molecule has 154 valence electrons. The van der Waals surface area contributed by atoms with Crippen molar-refractivity contribution in [1.29, 1.82) is 0 Å². The molecule has 2 heterocycles. The number of nitrogens with zero attached hydrogens (tertiary/aromatic N) is 1. The molecule has 0 bridgehead atoms. The van der Waals surface area contributed by atoms with Crippen LogP contribution in [0, 0.1) is 0 Å². The maximum absolute atomic E-state index is 9.82. The zero-order valence-corrected chi connectivity index (χ0v) is 17.1. The first-order valence-electron chi connectivity index (χ1n) is 10.1. The minimum atomic E-state index is -0.721. The van der Waals surface area contributed by atoms with Crippen molar-refractivity contribution in [2.45, 2.75) is 50.5 Å². The second-order valence-electron chi connectivity index (χ2n) is 7.49. The molecule has 28 heavy (non-hydrogen) atoms. The van der Waals surface area contributed by atoms with Gasteiger partial charge in [-0.3, -0.25) is 4.90 Å². The molecule has 5 nitrogen and oxygen atoms in total. The molecule has 1 fully saturated rings. The maximum atomic E-state index is 9.82. The highest BCUT2D eigenvalue weighted by atomic mass is 32.1. The number of β-amino-alcohol motifs (C(OH)–C–C–N with tert-alkyl or cyclic N) is 1. The van der Waals surface area contributed by atoms with Gasteiger partial charge in [0.15, 0.2) is 0 Å². The highest BCUT2D eigenvalue weighted by molar-refractivity contribution is 7.13. The Morgan fingerprint density at radius 2 is 1.86 bits per heavy atom. The summed E-state index contributed by atoms with van der Waals surface area (Å²) in [4.78, 5) is 3.37. The van der Waals surface area contributed by atoms with Crippen molar-refractivity contribution >= 4 is 11.3 Å². The fourth-order valence-electron chi connectivity index (χ4n) is 3.65. The Bertz CT molecular complexity index is 676. The largest absolute Gasteiger partial charge is 0.395 e. The minimum absolute atomic E-state index is 0.0260. The van der Waals surface area contributed by atoms with Crippen molar-refractivity contribution in [3.05, 3.63) is 47.3 Å². The fourth-order valence-corrected chi connectivity index (χ4v) is 4.39. The van der Waals surface area contributed by atoms with E-state index in [1.54, 1.807) is 11.3 Å². The average molecular weight is 406 g/mol. The fraction of sp³-hybridized carbons (Fsp3) is 0.545. The van der Waals surface area contributed by atoms with E-state index in [0.717, 1.165) is 32.4 Å². The van der Waals surface area contributed by atoms with E-state index in [0.29, 0.717) is 19.6 Å². The van der Waals surface area contributed by atoms with Crippen LogP contribution in [-0.4, -0.2) is 64.8 Å². The van der Waals surface area contributed by atoms with Gasteiger partial charge in [0.1, 0.15) is 0 Å². The number of benzene rings is 1. The second kappa shape index (κ2) is 11.0. The summed E-state index contributed by atoms with van der Waals surface area (Å²) in [5.41, 5.74) is 2.43. The number of thiophene rings is 1. The molecule has 0 radical (unpaired) electrons. The molecule has 0 aliphatic carbocycles. The standard InChI is InChI=1S/C22H31NO4S/c24-15-19-13-20(25)21(26)14-23(19)10-2-1-3-11-27-16-17-6-8-18(9-7-17)22-5-4-12-28-22/h4-9,12,19-21,24-26H,1-3,10-11,13-16H2. The van der Waals surface area contributed by atoms with Gasteiger partial charge < -0.3 is 20.1 Å². The molecule has 1 saturated heterocycles. The summed E-state index contributed by atoms with van der Waals surface area (Å²) in [5.74, 6) is 0. The van der Waals surface area contributed by atoms with Crippen LogP contribution in [0.15, 0.2) is 41.8 Å². The van der Waals surface area contributed by atoms with Gasteiger partial charge >= 0.3 is 0 Å². The molecule has 3 N–H and O–H groups in total. The quantitative estimate of drug-likeness (QED) is 0.530. The van der Waals surface area contributed by atoms with E-state index < -0.39 is 12.2 Å². The van der Waals surface area contributed by atoms with Crippen LogP contribution in [-0.2, 0) is 11.3 Å². The lowest BCUT2D eigenvalue weighted by molar-refractivity contribution is -0.0711. The van der Waals surface area contributed by atoms with E-state index in [1.165, 1.54) is 16.0 Å². The molecule has 1 aliphatic rings. The molecular formula is C22H31NO4S. The first kappa shape index (κ1) is 21.4. The molecule has 3 unspecified atom stereocenters. The second-order valence-corrected chi connectivity index (χ2v) is 8.44. The number of hydrogen-bond acceptors (Lipinski definition) is 6. The van der Waals surface area contributed by atoms with Gasteiger partial charge in [0.05, 0.1) is 25.4 Å². The smallest absolute Gasteiger partial charge is 0.0926 e. The van der Waals surface area contributed by atoms with Crippen molar-refractivity contribution in [1.82, 2.24) is 4.90 Å². The van der Waals surface area contributed by atoms with Crippen LogP contribution in [0.3, 0.4) is 0 Å². The van der Waals surface area contributed by atoms with Crippen LogP contribution >= 0.6 is 11.3 Å². The van der Waals surface area contributed by atoms with Crippen molar-refractivity contribution in [2.75, 3.05) is 26.3 Å². The molecule has 0 spiro atoms. The van der Waals surface area contributed by atoms with E-state index >= 15 is 0 Å². The van der Waals surface area contributed by atoms with Gasteiger partial charge in [-0.05, 0) is 54.8 Å². The van der Waals surface area contributed by atoms with Crippen molar-refractivity contribution in [2.24, 2.45) is 0 Å². The van der Waals surface area contributed by atoms with E-state index in [1.807, 2.05) is 0 Å². The van der Waals surface area contributed by atoms with Gasteiger partial charge in [0.25, 0.3) is 0 Å². The van der Waals surface area contributed by atoms with Gasteiger partial charge in [-0.25, -0.2) is 0 Å². The van der Waals surface area contributed by atoms with E-state index in [2.05, 4.69) is 46.7 Å². The molecule has 1 aliphatic heterocycles. The highest BCUT2D eigenvalue weighted by Gasteiger charge is 2.32. The van der Waals surface area contributed by atoms with Crippen molar-refractivity contribution in [3.8, 4) is 10.4 Å². The Morgan fingerprint density at radius 3 is 2.57 bits per heavy atom. The monoisotopic (exact) mass is 405 g/mol. The predicted octanol–water partition coefficient (Wildman–Crippen LogP) is 2.89. The molecule has 6 heteroatoms. The molecule has 3 atom stereocenters. The van der Waals surface area contributed by atoms with Crippen LogP contribution in [0.1, 0.15) is 31.2 Å². The molecular weight excluding hydrogens is 374 g/mol. The number of hydrogen-bond donors (Lipinski definition) is 3.